The summed E-state index contributed by atoms with van der Waals surface area (Å²) < 4.78 is 41.4. The van der Waals surface area contributed by atoms with E-state index in [2.05, 4.69) is 31.6 Å². The fourth-order valence-electron chi connectivity index (χ4n) is 6.83. The first-order valence-corrected chi connectivity index (χ1v) is 15.4. The van der Waals surface area contributed by atoms with E-state index in [1.165, 1.54) is 0 Å². The third-order valence-corrected chi connectivity index (χ3v) is 9.18. The van der Waals surface area contributed by atoms with Crippen molar-refractivity contribution < 1.29 is 22.8 Å². The minimum absolute atomic E-state index is 0.000138. The van der Waals surface area contributed by atoms with Gasteiger partial charge in [-0.05, 0) is 62.9 Å². The van der Waals surface area contributed by atoms with Crippen LogP contribution in [0.1, 0.15) is 59.6 Å². The molecule has 1 saturated carbocycles. The normalized spacial score (nSPS) is 23.2. The first kappa shape index (κ1) is 29.9. The lowest BCUT2D eigenvalue weighted by Gasteiger charge is -2.31. The maximum Gasteiger partial charge on any atom is 0.416 e. The molecule has 46 heavy (non-hydrogen) atoms. The van der Waals surface area contributed by atoms with E-state index in [1.54, 1.807) is 30.5 Å². The Hall–Kier alpha value is -4.78. The molecule has 4 atom stereocenters. The van der Waals surface area contributed by atoms with Crippen LogP contribution in [0, 0.1) is 5.92 Å². The predicted octanol–water partition coefficient (Wildman–Crippen LogP) is 5.30. The van der Waals surface area contributed by atoms with Crippen molar-refractivity contribution in [3.8, 4) is 11.3 Å². The van der Waals surface area contributed by atoms with Gasteiger partial charge in [-0.1, -0.05) is 24.3 Å². The van der Waals surface area contributed by atoms with Crippen molar-refractivity contribution >= 4 is 40.4 Å². The molecule has 1 unspecified atom stereocenters. The number of nitrogens with two attached hydrogens (primary N) is 1. The second-order valence-electron chi connectivity index (χ2n) is 12.2. The highest BCUT2D eigenvalue weighted by molar-refractivity contribution is 6.06. The largest absolute Gasteiger partial charge is 0.416 e. The zero-order valence-corrected chi connectivity index (χ0v) is 24.9. The number of hydrogen-bond donors (Lipinski definition) is 3. The molecule has 5 heterocycles. The van der Waals surface area contributed by atoms with E-state index < -0.39 is 17.6 Å². The average Bonchev–Trinajstić information content (AvgIpc) is 3.68. The summed E-state index contributed by atoms with van der Waals surface area (Å²) in [5, 5.41) is 11.6. The maximum atomic E-state index is 13.1. The highest BCUT2D eigenvalue weighted by Gasteiger charge is 2.33. The van der Waals surface area contributed by atoms with E-state index in [1.807, 2.05) is 10.8 Å². The van der Waals surface area contributed by atoms with Crippen molar-refractivity contribution in [3.63, 3.8) is 0 Å². The lowest BCUT2D eigenvalue weighted by atomic mass is 9.90. The molecule has 2 amide bonds. The van der Waals surface area contributed by atoms with Gasteiger partial charge < -0.3 is 16.4 Å². The third kappa shape index (κ3) is 5.82. The van der Waals surface area contributed by atoms with Crippen LogP contribution in [0.4, 0.5) is 24.8 Å². The minimum Gasteiger partial charge on any atom is -0.383 e. The summed E-state index contributed by atoms with van der Waals surface area (Å²) in [6, 6.07) is 8.35. The van der Waals surface area contributed by atoms with Gasteiger partial charge in [0, 0.05) is 48.2 Å². The van der Waals surface area contributed by atoms with Crippen LogP contribution in [-0.4, -0.2) is 62.1 Å². The number of carbonyl (C=O) groups excluding carboxylic acids is 2. The molecule has 4 bridgehead atoms. The van der Waals surface area contributed by atoms with Crippen molar-refractivity contribution in [2.24, 2.45) is 5.92 Å². The number of rotatable bonds is 3. The average molecular weight is 631 g/mol. The van der Waals surface area contributed by atoms with E-state index in [-0.39, 0.29) is 35.3 Å². The Labute approximate surface area is 262 Å². The van der Waals surface area contributed by atoms with Crippen molar-refractivity contribution in [2.45, 2.75) is 50.4 Å². The predicted molar refractivity (Wildman–Crippen MR) is 168 cm³/mol. The van der Waals surface area contributed by atoms with Gasteiger partial charge in [0.1, 0.15) is 17.3 Å². The number of pyridine rings is 2. The molecular weight excluding hydrogens is 597 g/mol. The van der Waals surface area contributed by atoms with Crippen LogP contribution in [0.15, 0.2) is 54.9 Å². The molecule has 3 aliphatic rings. The number of halogens is 3. The van der Waals surface area contributed by atoms with Gasteiger partial charge in [0.15, 0.2) is 0 Å². The van der Waals surface area contributed by atoms with Crippen LogP contribution in [0.25, 0.3) is 28.2 Å². The molecule has 1 saturated heterocycles. The molecule has 13 heteroatoms. The van der Waals surface area contributed by atoms with Crippen LogP contribution in [-0.2, 0) is 11.0 Å². The molecule has 4 N–H and O–H groups in total. The lowest BCUT2D eigenvalue weighted by molar-refractivity contribution is -0.137. The number of amides is 2. The molecule has 2 fully saturated rings. The highest BCUT2D eigenvalue weighted by Crippen LogP contribution is 2.39. The van der Waals surface area contributed by atoms with Crippen LogP contribution in [0.2, 0.25) is 0 Å². The van der Waals surface area contributed by atoms with Gasteiger partial charge >= 0.3 is 6.18 Å². The second-order valence-corrected chi connectivity index (χ2v) is 12.2. The number of nitrogen functional groups attached to an aromatic ring is 1. The van der Waals surface area contributed by atoms with Gasteiger partial charge in [0.25, 0.3) is 5.91 Å². The number of hydrogen-bond acceptors (Lipinski definition) is 7. The summed E-state index contributed by atoms with van der Waals surface area (Å²) in [5.41, 5.74) is 8.92. The molecule has 0 spiro atoms. The number of benzene rings is 1. The Bertz CT molecular complexity index is 1840. The van der Waals surface area contributed by atoms with Gasteiger partial charge in [0.2, 0.25) is 5.91 Å². The van der Waals surface area contributed by atoms with Gasteiger partial charge in [-0.2, -0.15) is 18.3 Å². The summed E-state index contributed by atoms with van der Waals surface area (Å²) in [6.45, 7) is 2.33. The zero-order chi connectivity index (χ0) is 32.0. The van der Waals surface area contributed by atoms with E-state index >= 15 is 0 Å². The van der Waals surface area contributed by atoms with E-state index in [0.717, 1.165) is 74.6 Å². The number of carbonyl (C=O) groups is 2. The first-order chi connectivity index (χ1) is 22.1. The zero-order valence-electron chi connectivity index (χ0n) is 24.9. The summed E-state index contributed by atoms with van der Waals surface area (Å²) in [5.74, 6) is -0.341. The molecule has 4 aromatic rings. The van der Waals surface area contributed by atoms with Crippen molar-refractivity contribution in [1.82, 2.24) is 30.0 Å². The van der Waals surface area contributed by atoms with Gasteiger partial charge in [-0.15, -0.1) is 0 Å². The Kier molecular flexibility index (Phi) is 7.71. The summed E-state index contributed by atoms with van der Waals surface area (Å²) in [6.07, 6.45) is 6.71. The number of nitrogens with one attached hydrogen (secondary N) is 2. The van der Waals surface area contributed by atoms with E-state index in [9.17, 15) is 22.8 Å². The fourth-order valence-corrected chi connectivity index (χ4v) is 6.83. The number of anilines is 2. The Morgan fingerprint density at radius 3 is 2.72 bits per heavy atom. The Morgan fingerprint density at radius 2 is 1.91 bits per heavy atom. The molecule has 7 rings (SSSR count). The molecule has 1 aliphatic carbocycles. The fraction of sp³-hybridized carbons (Fsp3) is 0.364. The Balaban J connectivity index is 1.24. The van der Waals surface area contributed by atoms with E-state index in [4.69, 9.17) is 10.8 Å². The molecule has 1 aromatic carbocycles. The van der Waals surface area contributed by atoms with Crippen LogP contribution < -0.4 is 16.4 Å². The number of nitrogens with zero attached hydrogens (tertiary/aromatic N) is 5. The number of fused-ring (bicyclic) bond motifs is 5. The second kappa shape index (κ2) is 11.9. The van der Waals surface area contributed by atoms with E-state index in [0.29, 0.717) is 29.0 Å². The summed E-state index contributed by atoms with van der Waals surface area (Å²) in [7, 11) is 0. The van der Waals surface area contributed by atoms with Crippen molar-refractivity contribution in [2.75, 3.05) is 30.7 Å². The summed E-state index contributed by atoms with van der Waals surface area (Å²) in [4.78, 5) is 36.7. The van der Waals surface area contributed by atoms with Gasteiger partial charge in [-0.3, -0.25) is 19.2 Å². The molecule has 2 aliphatic heterocycles. The Morgan fingerprint density at radius 1 is 1.09 bits per heavy atom. The lowest BCUT2D eigenvalue weighted by Crippen LogP contribution is -2.42. The molecule has 0 radical (unpaired) electrons. The summed E-state index contributed by atoms with van der Waals surface area (Å²) >= 11 is 0. The molecular formula is C33H33F3N8O2. The molecule has 3 aromatic heterocycles. The standard InChI is InChI=1S/C33H33F3N8O2/c34-33(35,36)23-10-12-38-26(15-23)41-31(45)20-8-6-19(7-9-20)28-27-29-21(17-39-30(27)37)3-2-13-43-14-11-22(18-43)32(46)40-24-4-1-5-25(16-24)44(29)42-28/h2-3,6-10,12,15,17,22,24-25H,1,4-5,11,13-14,16,18H2,(H2,37,39)(H,40,46)(H,38,41,45)/t22-,24-,25-/m1/s1. The van der Waals surface area contributed by atoms with Gasteiger partial charge in [-0.25, -0.2) is 9.97 Å². The number of alkyl halides is 3. The topological polar surface area (TPSA) is 131 Å². The maximum absolute atomic E-state index is 13.1. The molecule has 10 nitrogen and oxygen atoms in total. The monoisotopic (exact) mass is 630 g/mol. The van der Waals surface area contributed by atoms with Crippen LogP contribution in [0.3, 0.4) is 0 Å². The molecule has 238 valence electrons. The smallest absolute Gasteiger partial charge is 0.383 e. The quantitative estimate of drug-likeness (QED) is 0.280. The van der Waals surface area contributed by atoms with Crippen molar-refractivity contribution in [3.05, 3.63) is 71.6 Å². The van der Waals surface area contributed by atoms with Crippen molar-refractivity contribution in [1.29, 1.82) is 0 Å². The van der Waals surface area contributed by atoms with Gasteiger partial charge in [0.05, 0.1) is 28.4 Å². The van der Waals surface area contributed by atoms with Crippen LogP contribution in [0.5, 0.6) is 0 Å². The SMILES string of the molecule is Nc1ncc2c3c1c(-c1ccc(C(=O)Nc4cc(C(F)(F)F)ccn4)cc1)nn3[C@@H]1CCC[C@H](C1)NC(=O)[C@@H]1CCN(CC=C2)C1. The minimum atomic E-state index is -4.55. The highest BCUT2D eigenvalue weighted by atomic mass is 19.4. The number of aromatic nitrogens is 4. The van der Waals surface area contributed by atoms with Crippen LogP contribution >= 0.6 is 0 Å². The first-order valence-electron chi connectivity index (χ1n) is 15.4. The third-order valence-electron chi connectivity index (χ3n) is 9.18.